The first-order valence-corrected chi connectivity index (χ1v) is 9.13. The van der Waals surface area contributed by atoms with E-state index in [0.29, 0.717) is 19.4 Å². The SMILES string of the molecule is O=C(CCc1cccnc1)N1CC[C@](Cc2ccccc2)(C(=O)O)[C@H](O)C1. The van der Waals surface area contributed by atoms with Gasteiger partial charge >= 0.3 is 5.97 Å². The van der Waals surface area contributed by atoms with E-state index < -0.39 is 17.5 Å². The Labute approximate surface area is 158 Å². The van der Waals surface area contributed by atoms with Gasteiger partial charge in [0.2, 0.25) is 5.91 Å². The van der Waals surface area contributed by atoms with Crippen molar-refractivity contribution in [3.05, 3.63) is 66.0 Å². The number of benzene rings is 1. The Hall–Kier alpha value is -2.73. The molecule has 27 heavy (non-hydrogen) atoms. The van der Waals surface area contributed by atoms with Crippen molar-refractivity contribution in [2.75, 3.05) is 13.1 Å². The highest BCUT2D eigenvalue weighted by molar-refractivity contribution is 5.79. The van der Waals surface area contributed by atoms with Crippen LogP contribution in [-0.4, -0.2) is 51.2 Å². The molecule has 0 unspecified atom stereocenters. The van der Waals surface area contributed by atoms with E-state index in [-0.39, 0.29) is 25.3 Å². The minimum absolute atomic E-state index is 0.0466. The van der Waals surface area contributed by atoms with Crippen LogP contribution in [0.5, 0.6) is 0 Å². The number of aliphatic carboxylic acids is 1. The molecular weight excluding hydrogens is 344 g/mol. The Morgan fingerprint density at radius 1 is 1.15 bits per heavy atom. The highest BCUT2D eigenvalue weighted by Crippen LogP contribution is 2.36. The van der Waals surface area contributed by atoms with Crippen molar-refractivity contribution in [2.45, 2.75) is 31.8 Å². The Kier molecular flexibility index (Phi) is 5.86. The predicted octanol–water partition coefficient (Wildman–Crippen LogP) is 1.92. The van der Waals surface area contributed by atoms with Gasteiger partial charge in [-0.2, -0.15) is 0 Å². The number of amides is 1. The summed E-state index contributed by atoms with van der Waals surface area (Å²) in [5.74, 6) is -1.09. The number of rotatable bonds is 6. The Bertz CT molecular complexity index is 781. The van der Waals surface area contributed by atoms with E-state index in [1.54, 1.807) is 17.3 Å². The topological polar surface area (TPSA) is 90.7 Å². The number of carboxylic acid groups (broad SMARTS) is 1. The maximum absolute atomic E-state index is 12.5. The Morgan fingerprint density at radius 3 is 2.52 bits per heavy atom. The van der Waals surface area contributed by atoms with Crippen LogP contribution in [0.3, 0.4) is 0 Å². The van der Waals surface area contributed by atoms with Crippen molar-refractivity contribution in [3.63, 3.8) is 0 Å². The second-order valence-electron chi connectivity index (χ2n) is 7.09. The summed E-state index contributed by atoms with van der Waals surface area (Å²) < 4.78 is 0. The number of carbonyl (C=O) groups excluding carboxylic acids is 1. The summed E-state index contributed by atoms with van der Waals surface area (Å²) in [7, 11) is 0. The number of carbonyl (C=O) groups is 2. The van der Waals surface area contributed by atoms with Gasteiger partial charge in [0.05, 0.1) is 6.10 Å². The molecule has 0 saturated carbocycles. The van der Waals surface area contributed by atoms with Crippen LogP contribution < -0.4 is 0 Å². The molecule has 1 saturated heterocycles. The third kappa shape index (κ3) is 4.34. The first kappa shape index (κ1) is 19.0. The fourth-order valence-electron chi connectivity index (χ4n) is 3.65. The molecule has 6 nitrogen and oxygen atoms in total. The van der Waals surface area contributed by atoms with Crippen molar-refractivity contribution in [3.8, 4) is 0 Å². The van der Waals surface area contributed by atoms with Gasteiger partial charge in [-0.25, -0.2) is 0 Å². The van der Waals surface area contributed by atoms with Crippen LogP contribution in [-0.2, 0) is 22.4 Å². The Morgan fingerprint density at radius 2 is 1.89 bits per heavy atom. The van der Waals surface area contributed by atoms with Crippen LogP contribution in [0, 0.1) is 5.41 Å². The summed E-state index contributed by atoms with van der Waals surface area (Å²) in [5.41, 5.74) is 0.587. The first-order chi connectivity index (χ1) is 13.0. The molecule has 0 aliphatic carbocycles. The van der Waals surface area contributed by atoms with E-state index >= 15 is 0 Å². The molecule has 1 aliphatic heterocycles. The van der Waals surface area contributed by atoms with Crippen LogP contribution in [0.15, 0.2) is 54.9 Å². The largest absolute Gasteiger partial charge is 0.481 e. The maximum Gasteiger partial charge on any atom is 0.312 e. The van der Waals surface area contributed by atoms with Crippen molar-refractivity contribution in [1.82, 2.24) is 9.88 Å². The second-order valence-corrected chi connectivity index (χ2v) is 7.09. The molecule has 1 aromatic carbocycles. The maximum atomic E-state index is 12.5. The number of hydrogen-bond donors (Lipinski definition) is 2. The molecule has 142 valence electrons. The van der Waals surface area contributed by atoms with E-state index in [1.807, 2.05) is 42.5 Å². The summed E-state index contributed by atoms with van der Waals surface area (Å²) in [6.07, 6.45) is 3.69. The van der Waals surface area contributed by atoms with Crippen LogP contribution in [0.25, 0.3) is 0 Å². The van der Waals surface area contributed by atoms with Gasteiger partial charge in [-0.05, 0) is 36.5 Å². The molecule has 1 aromatic heterocycles. The number of hydrogen-bond acceptors (Lipinski definition) is 4. The van der Waals surface area contributed by atoms with E-state index in [9.17, 15) is 19.8 Å². The number of aliphatic hydroxyl groups excluding tert-OH is 1. The quantitative estimate of drug-likeness (QED) is 0.813. The van der Waals surface area contributed by atoms with Gasteiger partial charge in [-0.1, -0.05) is 36.4 Å². The zero-order chi connectivity index (χ0) is 19.3. The van der Waals surface area contributed by atoms with Crippen molar-refractivity contribution in [2.24, 2.45) is 5.41 Å². The number of aromatic nitrogens is 1. The minimum Gasteiger partial charge on any atom is -0.481 e. The molecular formula is C21H24N2O4. The molecule has 1 aliphatic rings. The molecule has 2 aromatic rings. The fraction of sp³-hybridized carbons (Fsp3) is 0.381. The summed E-state index contributed by atoms with van der Waals surface area (Å²) in [5, 5.41) is 20.5. The standard InChI is InChI=1S/C21H24N2O4/c24-18-15-23(19(25)9-8-17-7-4-11-22-14-17)12-10-21(18,20(26)27)13-16-5-2-1-3-6-16/h1-7,11,14,18,24H,8-10,12-13,15H2,(H,26,27)/t18-,21-/m1/s1. The van der Waals surface area contributed by atoms with Gasteiger partial charge in [-0.3, -0.25) is 14.6 Å². The summed E-state index contributed by atoms with van der Waals surface area (Å²) in [4.78, 5) is 30.1. The molecule has 1 fully saturated rings. The molecule has 2 N–H and O–H groups in total. The summed E-state index contributed by atoms with van der Waals surface area (Å²) >= 11 is 0. The van der Waals surface area contributed by atoms with Crippen molar-refractivity contribution in [1.29, 1.82) is 0 Å². The normalized spacial score (nSPS) is 22.4. The average Bonchev–Trinajstić information content (AvgIpc) is 2.69. The zero-order valence-electron chi connectivity index (χ0n) is 15.1. The third-order valence-corrected chi connectivity index (χ3v) is 5.35. The minimum atomic E-state index is -1.26. The molecule has 6 heteroatoms. The van der Waals surface area contributed by atoms with Gasteiger partial charge < -0.3 is 15.1 Å². The van der Waals surface area contributed by atoms with Gasteiger partial charge in [0.1, 0.15) is 5.41 Å². The van der Waals surface area contributed by atoms with Crippen molar-refractivity contribution < 1.29 is 19.8 Å². The monoisotopic (exact) mass is 368 g/mol. The van der Waals surface area contributed by atoms with Gasteiger partial charge in [0.25, 0.3) is 0 Å². The number of carboxylic acids is 1. The third-order valence-electron chi connectivity index (χ3n) is 5.35. The molecule has 2 heterocycles. The number of aliphatic hydroxyl groups is 1. The van der Waals surface area contributed by atoms with E-state index in [2.05, 4.69) is 4.98 Å². The zero-order valence-corrected chi connectivity index (χ0v) is 15.1. The lowest BCUT2D eigenvalue weighted by molar-refractivity contribution is -0.166. The predicted molar refractivity (Wildman–Crippen MR) is 100.0 cm³/mol. The number of β-amino-alcohol motifs (C(OH)–C–C–N with tert-alkyl or cyclic N) is 1. The van der Waals surface area contributed by atoms with E-state index in [4.69, 9.17) is 0 Å². The molecule has 3 rings (SSSR count). The molecule has 0 spiro atoms. The van der Waals surface area contributed by atoms with Crippen LogP contribution in [0.2, 0.25) is 0 Å². The number of nitrogens with zero attached hydrogens (tertiary/aromatic N) is 2. The fourth-order valence-corrected chi connectivity index (χ4v) is 3.65. The lowest BCUT2D eigenvalue weighted by Gasteiger charge is -2.43. The summed E-state index contributed by atoms with van der Waals surface area (Å²) in [6, 6.07) is 13.1. The molecule has 0 radical (unpaired) electrons. The van der Waals surface area contributed by atoms with E-state index in [1.165, 1.54) is 0 Å². The Balaban J connectivity index is 1.64. The van der Waals surface area contributed by atoms with Crippen LogP contribution in [0.4, 0.5) is 0 Å². The first-order valence-electron chi connectivity index (χ1n) is 9.13. The number of aryl methyl sites for hydroxylation is 1. The lowest BCUT2D eigenvalue weighted by atomic mass is 9.71. The van der Waals surface area contributed by atoms with Crippen LogP contribution in [0.1, 0.15) is 24.0 Å². The van der Waals surface area contributed by atoms with Gasteiger partial charge in [0.15, 0.2) is 0 Å². The lowest BCUT2D eigenvalue weighted by Crippen LogP contribution is -2.57. The molecule has 2 atom stereocenters. The number of pyridine rings is 1. The number of likely N-dealkylation sites (tertiary alicyclic amines) is 1. The van der Waals surface area contributed by atoms with Crippen molar-refractivity contribution >= 4 is 11.9 Å². The van der Waals surface area contributed by atoms with Gasteiger partial charge in [-0.15, -0.1) is 0 Å². The van der Waals surface area contributed by atoms with Crippen LogP contribution >= 0.6 is 0 Å². The van der Waals surface area contributed by atoms with E-state index in [0.717, 1.165) is 11.1 Å². The smallest absolute Gasteiger partial charge is 0.312 e. The highest BCUT2D eigenvalue weighted by Gasteiger charge is 2.49. The highest BCUT2D eigenvalue weighted by atomic mass is 16.4. The second kappa shape index (κ2) is 8.31. The molecule has 1 amide bonds. The van der Waals surface area contributed by atoms with Gasteiger partial charge in [0, 0.05) is 31.9 Å². The number of piperidine rings is 1. The summed E-state index contributed by atoms with van der Waals surface area (Å²) in [6.45, 7) is 0.382. The molecule has 0 bridgehead atoms. The average molecular weight is 368 g/mol.